The Kier molecular flexibility index (Phi) is 8.78. The third kappa shape index (κ3) is 7.50. The number of carbonyl (C=O) groups is 1. The average Bonchev–Trinajstić information content (AvgIpc) is 2.74. The number of nitrogens with one attached hydrogen (secondary N) is 2. The molecule has 2 aromatic rings. The summed E-state index contributed by atoms with van der Waals surface area (Å²) in [6.45, 7) is -0.526. The van der Waals surface area contributed by atoms with E-state index >= 15 is 0 Å². The monoisotopic (exact) mass is 462 g/mol. The summed E-state index contributed by atoms with van der Waals surface area (Å²) in [5.41, 5.74) is 0.273. The van der Waals surface area contributed by atoms with Gasteiger partial charge in [-0.25, -0.2) is 4.79 Å². The van der Waals surface area contributed by atoms with E-state index in [4.69, 9.17) is 26.2 Å². The van der Waals surface area contributed by atoms with Crippen molar-refractivity contribution in [2.24, 2.45) is 0 Å². The summed E-state index contributed by atoms with van der Waals surface area (Å²) in [5.74, 6) is 0.576. The molecule has 2 aromatic carbocycles. The highest BCUT2D eigenvalue weighted by molar-refractivity contribution is 6.31. The van der Waals surface area contributed by atoms with E-state index < -0.39 is 30.5 Å². The van der Waals surface area contributed by atoms with Crippen LogP contribution in [0.15, 0.2) is 36.4 Å². The molecule has 0 spiro atoms. The number of aliphatic hydroxyl groups excluding tert-OH is 2. The van der Waals surface area contributed by atoms with Crippen molar-refractivity contribution >= 4 is 17.6 Å². The fraction of sp³-hybridized carbons (Fsp3) is 0.350. The molecule has 2 rings (SSSR count). The van der Waals surface area contributed by atoms with Gasteiger partial charge in [-0.3, -0.25) is 0 Å². The zero-order valence-electron chi connectivity index (χ0n) is 16.5. The van der Waals surface area contributed by atoms with E-state index in [1.807, 2.05) is 0 Å². The Bertz CT molecular complexity index is 878. The van der Waals surface area contributed by atoms with Crippen LogP contribution in [0.2, 0.25) is 5.02 Å². The van der Waals surface area contributed by atoms with Crippen LogP contribution in [0.3, 0.4) is 0 Å². The van der Waals surface area contributed by atoms with E-state index in [0.717, 1.165) is 12.1 Å². The Morgan fingerprint density at radius 2 is 1.77 bits per heavy atom. The molecule has 0 heterocycles. The van der Waals surface area contributed by atoms with E-state index in [1.165, 1.54) is 25.3 Å². The van der Waals surface area contributed by atoms with Gasteiger partial charge in [-0.15, -0.1) is 0 Å². The van der Waals surface area contributed by atoms with Crippen LogP contribution < -0.4 is 20.1 Å². The predicted octanol–water partition coefficient (Wildman–Crippen LogP) is 3.10. The summed E-state index contributed by atoms with van der Waals surface area (Å²) in [7, 11) is 1.41. The number of hydrogen-bond donors (Lipinski definition) is 4. The molecule has 11 heteroatoms. The highest BCUT2D eigenvalue weighted by Gasteiger charge is 2.29. The molecule has 0 aliphatic heterocycles. The lowest BCUT2D eigenvalue weighted by atomic mass is 10.1. The van der Waals surface area contributed by atoms with Gasteiger partial charge in [-0.05, 0) is 29.3 Å². The third-order valence-corrected chi connectivity index (χ3v) is 4.50. The molecule has 0 aromatic heterocycles. The molecule has 0 bridgehead atoms. The average molecular weight is 463 g/mol. The Morgan fingerprint density at radius 3 is 2.35 bits per heavy atom. The van der Waals surface area contributed by atoms with E-state index in [0.29, 0.717) is 16.9 Å². The van der Waals surface area contributed by atoms with Crippen LogP contribution in [0.1, 0.15) is 16.7 Å². The number of aliphatic hydroxyl groups is 2. The molecule has 0 saturated carbocycles. The minimum absolute atomic E-state index is 0.0426. The number of ether oxygens (including phenoxy) is 2. The van der Waals surface area contributed by atoms with Crippen molar-refractivity contribution in [2.45, 2.75) is 25.4 Å². The minimum Gasteiger partial charge on any atom is -0.493 e. The van der Waals surface area contributed by atoms with Crippen LogP contribution >= 0.6 is 11.6 Å². The Hall–Kier alpha value is -2.69. The smallest absolute Gasteiger partial charge is 0.416 e. The Balaban J connectivity index is 1.90. The number of alkyl halides is 3. The molecule has 0 radical (unpaired) electrons. The number of benzene rings is 2. The van der Waals surface area contributed by atoms with Gasteiger partial charge in [0.15, 0.2) is 11.5 Å². The molecule has 170 valence electrons. The van der Waals surface area contributed by atoms with E-state index in [2.05, 4.69) is 10.6 Å². The first kappa shape index (κ1) is 24.6. The molecule has 1 unspecified atom stereocenters. The van der Waals surface area contributed by atoms with Crippen LogP contribution in [-0.4, -0.2) is 42.7 Å². The van der Waals surface area contributed by atoms with Crippen LogP contribution in [0.25, 0.3) is 0 Å². The lowest BCUT2D eigenvalue weighted by Gasteiger charge is -2.16. The zero-order valence-corrected chi connectivity index (χ0v) is 17.3. The first-order chi connectivity index (χ1) is 14.6. The third-order valence-electron chi connectivity index (χ3n) is 4.15. The van der Waals surface area contributed by atoms with Crippen molar-refractivity contribution in [1.29, 1.82) is 0 Å². The molecule has 0 aliphatic rings. The van der Waals surface area contributed by atoms with Gasteiger partial charge in [0.05, 0.1) is 19.3 Å². The zero-order chi connectivity index (χ0) is 23.0. The van der Waals surface area contributed by atoms with Crippen molar-refractivity contribution in [3.63, 3.8) is 0 Å². The van der Waals surface area contributed by atoms with Crippen molar-refractivity contribution in [3.8, 4) is 11.5 Å². The van der Waals surface area contributed by atoms with Gasteiger partial charge in [0.1, 0.15) is 12.7 Å². The normalized spacial score (nSPS) is 12.2. The second kappa shape index (κ2) is 11.1. The number of amides is 2. The number of urea groups is 1. The number of halogens is 4. The van der Waals surface area contributed by atoms with Gasteiger partial charge in [0, 0.05) is 24.2 Å². The maximum atomic E-state index is 12.6. The van der Waals surface area contributed by atoms with Gasteiger partial charge < -0.3 is 30.3 Å². The summed E-state index contributed by atoms with van der Waals surface area (Å²) >= 11 is 6.20. The highest BCUT2D eigenvalue weighted by atomic mass is 35.5. The fourth-order valence-corrected chi connectivity index (χ4v) is 2.68. The number of methoxy groups -OCH3 is 1. The lowest BCUT2D eigenvalue weighted by molar-refractivity contribution is -0.137. The summed E-state index contributed by atoms with van der Waals surface area (Å²) in [6.07, 6.45) is -5.47. The topological polar surface area (TPSA) is 100 Å². The van der Waals surface area contributed by atoms with Gasteiger partial charge in [-0.2, -0.15) is 13.2 Å². The standard InChI is InChI=1S/C20H22ClF3N2O5/c1-30-17-6-13(16(21)7-18(17)31-11-15(28)10-27)9-26-19(29)25-8-12-2-4-14(5-3-12)20(22,23)24/h2-7,15,27-28H,8-11H2,1H3,(H2,25,26,29). The molecule has 1 atom stereocenters. The van der Waals surface area contributed by atoms with Crippen LogP contribution in [-0.2, 0) is 19.3 Å². The predicted molar refractivity (Wildman–Crippen MR) is 107 cm³/mol. The maximum absolute atomic E-state index is 12.6. The minimum atomic E-state index is -4.41. The van der Waals surface area contributed by atoms with Gasteiger partial charge in [-0.1, -0.05) is 23.7 Å². The Morgan fingerprint density at radius 1 is 1.13 bits per heavy atom. The molecular formula is C20H22ClF3N2O5. The molecular weight excluding hydrogens is 441 g/mol. The number of rotatable bonds is 9. The van der Waals surface area contributed by atoms with Crippen molar-refractivity contribution in [2.75, 3.05) is 20.3 Å². The summed E-state index contributed by atoms with van der Waals surface area (Å²) < 4.78 is 48.3. The van der Waals surface area contributed by atoms with Crippen molar-refractivity contribution < 1.29 is 37.7 Å². The summed E-state index contributed by atoms with van der Waals surface area (Å²) in [4.78, 5) is 12.0. The molecule has 0 aliphatic carbocycles. The first-order valence-electron chi connectivity index (χ1n) is 9.10. The molecule has 0 saturated heterocycles. The molecule has 31 heavy (non-hydrogen) atoms. The molecule has 2 amide bonds. The summed E-state index contributed by atoms with van der Waals surface area (Å²) in [6, 6.07) is 6.95. The van der Waals surface area contributed by atoms with Gasteiger partial charge in [0.25, 0.3) is 0 Å². The van der Waals surface area contributed by atoms with Crippen LogP contribution in [0.5, 0.6) is 11.5 Å². The first-order valence-corrected chi connectivity index (χ1v) is 9.47. The van der Waals surface area contributed by atoms with Crippen LogP contribution in [0.4, 0.5) is 18.0 Å². The van der Waals surface area contributed by atoms with E-state index in [-0.39, 0.29) is 30.5 Å². The van der Waals surface area contributed by atoms with E-state index in [9.17, 15) is 23.1 Å². The molecule has 7 nitrogen and oxygen atoms in total. The SMILES string of the molecule is COc1cc(CNC(=O)NCc2ccc(C(F)(F)F)cc2)c(Cl)cc1OCC(O)CO. The lowest BCUT2D eigenvalue weighted by Crippen LogP contribution is -2.34. The Labute approximate surface area is 181 Å². The number of carbonyl (C=O) groups excluding carboxylic acids is 1. The molecule has 0 fully saturated rings. The second-order valence-corrected chi connectivity index (χ2v) is 6.88. The highest BCUT2D eigenvalue weighted by Crippen LogP contribution is 2.33. The second-order valence-electron chi connectivity index (χ2n) is 6.47. The maximum Gasteiger partial charge on any atom is 0.416 e. The van der Waals surface area contributed by atoms with Crippen LogP contribution in [0, 0.1) is 0 Å². The fourth-order valence-electron chi connectivity index (χ4n) is 2.46. The quantitative estimate of drug-likeness (QED) is 0.459. The van der Waals surface area contributed by atoms with Gasteiger partial charge in [0.2, 0.25) is 0 Å². The van der Waals surface area contributed by atoms with Crippen molar-refractivity contribution in [3.05, 3.63) is 58.1 Å². The number of hydrogen-bond acceptors (Lipinski definition) is 5. The van der Waals surface area contributed by atoms with Crippen molar-refractivity contribution in [1.82, 2.24) is 10.6 Å². The largest absolute Gasteiger partial charge is 0.493 e. The van der Waals surface area contributed by atoms with E-state index in [1.54, 1.807) is 6.07 Å². The van der Waals surface area contributed by atoms with Gasteiger partial charge >= 0.3 is 12.2 Å². The summed E-state index contributed by atoms with van der Waals surface area (Å²) in [5, 5.41) is 23.6. The molecule has 4 N–H and O–H groups in total.